The molecule has 3 aromatic rings. The van der Waals surface area contributed by atoms with Crippen LogP contribution < -0.4 is 10.6 Å². The van der Waals surface area contributed by atoms with Crippen molar-refractivity contribution in [3.8, 4) is 11.3 Å². The zero-order chi connectivity index (χ0) is 21.8. The van der Waals surface area contributed by atoms with Crippen molar-refractivity contribution in [2.75, 3.05) is 18.5 Å². The highest BCUT2D eigenvalue weighted by molar-refractivity contribution is 5.95. The van der Waals surface area contributed by atoms with Crippen LogP contribution in [0.2, 0.25) is 0 Å². The number of fused-ring (bicyclic) bond motifs is 9. The third-order valence-corrected chi connectivity index (χ3v) is 5.58. The Bertz CT molecular complexity index is 1110. The van der Waals surface area contributed by atoms with Crippen LogP contribution in [0.4, 0.5) is 11.6 Å². The van der Waals surface area contributed by atoms with E-state index in [1.165, 1.54) is 5.56 Å². The van der Waals surface area contributed by atoms with Crippen molar-refractivity contribution in [3.63, 3.8) is 0 Å². The van der Waals surface area contributed by atoms with Gasteiger partial charge in [-0.15, -0.1) is 0 Å². The number of nitrogens with one attached hydrogen (secondary N) is 2. The predicted octanol–water partition coefficient (Wildman–Crippen LogP) is 4.85. The lowest BCUT2D eigenvalue weighted by molar-refractivity contribution is 0.0945. The number of rotatable bonds is 0. The molecule has 0 unspecified atom stereocenters. The highest BCUT2D eigenvalue weighted by Gasteiger charge is 2.13. The van der Waals surface area contributed by atoms with Gasteiger partial charge >= 0.3 is 0 Å². The van der Waals surface area contributed by atoms with Gasteiger partial charge in [0.1, 0.15) is 0 Å². The minimum absolute atomic E-state index is 0.0538. The molecule has 3 heterocycles. The molecule has 6 nitrogen and oxygen atoms in total. The van der Waals surface area contributed by atoms with Gasteiger partial charge in [0, 0.05) is 36.2 Å². The largest absolute Gasteiger partial charge is 0.377 e. The molecule has 6 heteroatoms. The fourth-order valence-corrected chi connectivity index (χ4v) is 3.69. The highest BCUT2D eigenvalue weighted by atomic mass is 16.5. The van der Waals surface area contributed by atoms with Crippen LogP contribution in [-0.2, 0) is 11.3 Å². The van der Waals surface area contributed by atoms with Crippen molar-refractivity contribution in [1.29, 1.82) is 0 Å². The number of hydrogen-bond donors (Lipinski definition) is 2. The molecule has 6 bridgehead atoms. The Morgan fingerprint density at radius 2 is 1.84 bits per heavy atom. The minimum atomic E-state index is -0.0538. The van der Waals surface area contributed by atoms with Crippen molar-refractivity contribution in [3.05, 3.63) is 70.4 Å². The summed E-state index contributed by atoms with van der Waals surface area (Å²) in [5, 5.41) is 6.33. The summed E-state index contributed by atoms with van der Waals surface area (Å²) in [4.78, 5) is 21.8. The quantitative estimate of drug-likeness (QED) is 0.548. The maximum atomic E-state index is 12.5. The highest BCUT2D eigenvalue weighted by Crippen LogP contribution is 2.27. The van der Waals surface area contributed by atoms with Crippen molar-refractivity contribution in [2.24, 2.45) is 0 Å². The summed E-state index contributed by atoms with van der Waals surface area (Å²) in [5.41, 5.74) is 7.75. The summed E-state index contributed by atoms with van der Waals surface area (Å²) in [7, 11) is 0. The van der Waals surface area contributed by atoms with Crippen molar-refractivity contribution < 1.29 is 9.53 Å². The predicted molar refractivity (Wildman–Crippen MR) is 123 cm³/mol. The van der Waals surface area contributed by atoms with Crippen LogP contribution in [0.15, 0.2) is 42.6 Å². The SMILES string of the molecule is Cc1ccc2cc1COCCCCNC(=O)c1ccc(c(C)c1)-c1nc(ncc1C)N2. The summed E-state index contributed by atoms with van der Waals surface area (Å²) in [5.74, 6) is 0.484. The first-order valence-corrected chi connectivity index (χ1v) is 10.7. The lowest BCUT2D eigenvalue weighted by atomic mass is 10.00. The molecule has 0 radical (unpaired) electrons. The van der Waals surface area contributed by atoms with Crippen LogP contribution in [0.1, 0.15) is 45.5 Å². The molecule has 5 rings (SSSR count). The number of nitrogens with zero attached hydrogens (tertiary/aromatic N) is 2. The van der Waals surface area contributed by atoms with E-state index in [-0.39, 0.29) is 5.91 Å². The van der Waals surface area contributed by atoms with E-state index in [4.69, 9.17) is 9.72 Å². The molecule has 0 aliphatic carbocycles. The second kappa shape index (κ2) is 9.27. The summed E-state index contributed by atoms with van der Waals surface area (Å²) < 4.78 is 5.87. The standard InChI is InChI=1S/C25H28N4O2/c1-16-6-8-21-13-20(16)15-31-11-5-4-10-26-24(30)19-7-9-22(17(2)12-19)23-18(3)14-27-25(28-21)29-23/h6-9,12-14H,4-5,10-11,15H2,1-3H3,(H,26,30)(H,27,28,29). The van der Waals surface area contributed by atoms with Gasteiger partial charge in [-0.05, 0) is 80.1 Å². The van der Waals surface area contributed by atoms with Gasteiger partial charge in [-0.3, -0.25) is 4.79 Å². The molecule has 0 atom stereocenters. The molecule has 160 valence electrons. The molecular formula is C25H28N4O2. The first-order valence-electron chi connectivity index (χ1n) is 10.7. The molecule has 31 heavy (non-hydrogen) atoms. The second-order valence-corrected chi connectivity index (χ2v) is 8.04. The molecule has 0 fully saturated rings. The van der Waals surface area contributed by atoms with Crippen LogP contribution in [-0.4, -0.2) is 29.0 Å². The Morgan fingerprint density at radius 1 is 0.968 bits per heavy atom. The van der Waals surface area contributed by atoms with Crippen LogP contribution in [0.3, 0.4) is 0 Å². The summed E-state index contributed by atoms with van der Waals surface area (Å²) in [6.45, 7) is 7.93. The number of amides is 1. The second-order valence-electron chi connectivity index (χ2n) is 8.04. The van der Waals surface area contributed by atoms with Gasteiger partial charge in [-0.1, -0.05) is 12.1 Å². The van der Waals surface area contributed by atoms with Crippen LogP contribution in [0, 0.1) is 20.8 Å². The number of benzene rings is 2. The van der Waals surface area contributed by atoms with Crippen LogP contribution >= 0.6 is 0 Å². The zero-order valence-electron chi connectivity index (χ0n) is 18.3. The Balaban J connectivity index is 1.73. The number of hydrogen-bond acceptors (Lipinski definition) is 5. The fourth-order valence-electron chi connectivity index (χ4n) is 3.69. The summed E-state index contributed by atoms with van der Waals surface area (Å²) in [6, 6.07) is 11.9. The normalized spacial score (nSPS) is 14.7. The van der Waals surface area contributed by atoms with Crippen LogP contribution in [0.5, 0.6) is 0 Å². The van der Waals surface area contributed by atoms with E-state index >= 15 is 0 Å². The molecule has 0 saturated carbocycles. The van der Waals surface area contributed by atoms with E-state index in [1.54, 1.807) is 0 Å². The topological polar surface area (TPSA) is 76.1 Å². The molecule has 1 amide bonds. The van der Waals surface area contributed by atoms with Crippen molar-refractivity contribution in [1.82, 2.24) is 15.3 Å². The lowest BCUT2D eigenvalue weighted by Gasteiger charge is -2.13. The number of aromatic nitrogens is 2. The van der Waals surface area contributed by atoms with E-state index < -0.39 is 0 Å². The molecule has 0 saturated heterocycles. The minimum Gasteiger partial charge on any atom is -0.377 e. The van der Waals surface area contributed by atoms with Gasteiger partial charge in [-0.2, -0.15) is 0 Å². The average Bonchev–Trinajstić information content (AvgIpc) is 2.76. The maximum Gasteiger partial charge on any atom is 0.251 e. The van der Waals surface area contributed by atoms with Gasteiger partial charge < -0.3 is 15.4 Å². The molecule has 0 spiro atoms. The molecule has 2 N–H and O–H groups in total. The number of carbonyl (C=O) groups excluding carboxylic acids is 1. The van der Waals surface area contributed by atoms with E-state index in [2.05, 4.69) is 34.7 Å². The van der Waals surface area contributed by atoms with E-state index in [1.807, 2.05) is 44.3 Å². The van der Waals surface area contributed by atoms with Crippen molar-refractivity contribution >= 4 is 17.5 Å². The number of carbonyl (C=O) groups is 1. The Morgan fingerprint density at radius 3 is 2.68 bits per heavy atom. The van der Waals surface area contributed by atoms with E-state index in [0.717, 1.165) is 46.5 Å². The van der Waals surface area contributed by atoms with Gasteiger partial charge in [0.2, 0.25) is 5.95 Å². The number of aryl methyl sites for hydroxylation is 3. The third kappa shape index (κ3) is 4.91. The van der Waals surface area contributed by atoms with Gasteiger partial charge in [0.25, 0.3) is 5.91 Å². The van der Waals surface area contributed by atoms with Gasteiger partial charge in [0.15, 0.2) is 0 Å². The maximum absolute atomic E-state index is 12.5. The first kappa shape index (κ1) is 21.0. The smallest absolute Gasteiger partial charge is 0.251 e. The van der Waals surface area contributed by atoms with Gasteiger partial charge in [0.05, 0.1) is 12.3 Å². The third-order valence-electron chi connectivity index (χ3n) is 5.58. The van der Waals surface area contributed by atoms with Gasteiger partial charge in [-0.25, -0.2) is 9.97 Å². The Labute approximate surface area is 183 Å². The number of ether oxygens (including phenoxy) is 1. The Hall–Kier alpha value is -3.25. The molecular weight excluding hydrogens is 388 g/mol. The van der Waals surface area contributed by atoms with E-state index in [9.17, 15) is 4.79 Å². The molecule has 1 aromatic heterocycles. The Kier molecular flexibility index (Phi) is 6.28. The monoisotopic (exact) mass is 416 g/mol. The fraction of sp³-hybridized carbons (Fsp3) is 0.320. The van der Waals surface area contributed by atoms with E-state index in [0.29, 0.717) is 31.3 Å². The zero-order valence-corrected chi connectivity index (χ0v) is 18.3. The summed E-state index contributed by atoms with van der Waals surface area (Å²) in [6.07, 6.45) is 3.60. The molecule has 2 aliphatic rings. The number of anilines is 2. The average molecular weight is 417 g/mol. The summed E-state index contributed by atoms with van der Waals surface area (Å²) >= 11 is 0. The van der Waals surface area contributed by atoms with Crippen LogP contribution in [0.25, 0.3) is 11.3 Å². The lowest BCUT2D eigenvalue weighted by Crippen LogP contribution is -2.24. The first-order chi connectivity index (χ1) is 15.0. The molecule has 2 aliphatic heterocycles. The molecule has 2 aromatic carbocycles. The van der Waals surface area contributed by atoms with Crippen molar-refractivity contribution in [2.45, 2.75) is 40.2 Å².